The molecule has 198 valence electrons. The summed E-state index contributed by atoms with van der Waals surface area (Å²) in [4.78, 5) is 15.4. The van der Waals surface area contributed by atoms with E-state index in [2.05, 4.69) is 37.4 Å². The van der Waals surface area contributed by atoms with Crippen molar-refractivity contribution >= 4 is 11.0 Å². The topological polar surface area (TPSA) is 82.3 Å². The molecule has 4 atom stereocenters. The molecule has 37 heavy (non-hydrogen) atoms. The molecule has 0 spiro atoms. The fraction of sp³-hybridized carbons (Fsp3) is 0.633. The highest BCUT2D eigenvalue weighted by atomic mass is 16.5. The molecule has 0 aromatic carbocycles. The molecule has 3 aromatic rings. The van der Waals surface area contributed by atoms with Crippen LogP contribution in [0, 0.1) is 11.8 Å². The van der Waals surface area contributed by atoms with E-state index in [1.54, 1.807) is 0 Å². The molecule has 6 rings (SSSR count). The first kappa shape index (κ1) is 25.0. The largest absolute Gasteiger partial charge is 0.458 e. The van der Waals surface area contributed by atoms with Crippen molar-refractivity contribution in [3.63, 3.8) is 0 Å². The summed E-state index contributed by atoms with van der Waals surface area (Å²) in [5.41, 5.74) is 2.75. The normalized spacial score (nSPS) is 27.5. The van der Waals surface area contributed by atoms with E-state index in [9.17, 15) is 0 Å². The first-order chi connectivity index (χ1) is 18.1. The third-order valence-corrected chi connectivity index (χ3v) is 8.14. The fourth-order valence-electron chi connectivity index (χ4n) is 5.74. The Morgan fingerprint density at radius 2 is 1.62 bits per heavy atom. The average molecular weight is 505 g/mol. The molecule has 0 bridgehead atoms. The van der Waals surface area contributed by atoms with Crippen molar-refractivity contribution in [1.82, 2.24) is 20.3 Å². The SMILES string of the molecule is C[C@@H]1CCC(c2nc(C3CCOC[C@H](C)C3)nc3nc(-c4ccc(CNC5CC5)o4)ccc23)CCOC1. The molecule has 3 aliphatic rings. The molecule has 1 saturated carbocycles. The monoisotopic (exact) mass is 504 g/mol. The minimum absolute atomic E-state index is 0.290. The van der Waals surface area contributed by atoms with Gasteiger partial charge in [0.25, 0.3) is 0 Å². The summed E-state index contributed by atoms with van der Waals surface area (Å²) in [6, 6.07) is 8.95. The van der Waals surface area contributed by atoms with Gasteiger partial charge in [0.1, 0.15) is 17.3 Å². The number of hydrogen-bond donors (Lipinski definition) is 1. The maximum absolute atomic E-state index is 6.16. The number of pyridine rings is 1. The third-order valence-electron chi connectivity index (χ3n) is 8.14. The Labute approximate surface area is 219 Å². The van der Waals surface area contributed by atoms with Crippen LogP contribution in [-0.4, -0.2) is 47.4 Å². The van der Waals surface area contributed by atoms with Crippen LogP contribution in [0.15, 0.2) is 28.7 Å². The van der Waals surface area contributed by atoms with Crippen molar-refractivity contribution in [3.8, 4) is 11.5 Å². The van der Waals surface area contributed by atoms with Gasteiger partial charge in [-0.1, -0.05) is 13.8 Å². The van der Waals surface area contributed by atoms with Crippen molar-refractivity contribution in [2.75, 3.05) is 26.4 Å². The molecule has 2 unspecified atom stereocenters. The lowest BCUT2D eigenvalue weighted by atomic mass is 9.88. The Bertz CT molecular complexity index is 1210. The number of fused-ring (bicyclic) bond motifs is 1. The van der Waals surface area contributed by atoms with Crippen LogP contribution in [0.4, 0.5) is 0 Å². The van der Waals surface area contributed by atoms with E-state index >= 15 is 0 Å². The van der Waals surface area contributed by atoms with Gasteiger partial charge in [0.05, 0.1) is 12.2 Å². The third kappa shape index (κ3) is 6.05. The fourth-order valence-corrected chi connectivity index (χ4v) is 5.74. The molecular formula is C30H40N4O3. The van der Waals surface area contributed by atoms with Gasteiger partial charge in [-0.2, -0.15) is 0 Å². The average Bonchev–Trinajstić information content (AvgIpc) is 3.65. The molecule has 5 heterocycles. The molecule has 3 fully saturated rings. The van der Waals surface area contributed by atoms with Crippen LogP contribution in [-0.2, 0) is 16.0 Å². The van der Waals surface area contributed by atoms with Crippen LogP contribution in [0.5, 0.6) is 0 Å². The Morgan fingerprint density at radius 3 is 2.46 bits per heavy atom. The van der Waals surface area contributed by atoms with E-state index < -0.39 is 0 Å². The van der Waals surface area contributed by atoms with Gasteiger partial charge in [-0.25, -0.2) is 15.0 Å². The predicted octanol–water partition coefficient (Wildman–Crippen LogP) is 5.99. The highest BCUT2D eigenvalue weighted by Crippen LogP contribution is 2.36. The zero-order valence-corrected chi connectivity index (χ0v) is 22.2. The highest BCUT2D eigenvalue weighted by Gasteiger charge is 2.27. The molecule has 7 heteroatoms. The molecule has 1 N–H and O–H groups in total. The van der Waals surface area contributed by atoms with Crippen molar-refractivity contribution in [2.45, 2.75) is 83.2 Å². The van der Waals surface area contributed by atoms with Gasteiger partial charge in [0.15, 0.2) is 11.4 Å². The highest BCUT2D eigenvalue weighted by molar-refractivity contribution is 5.80. The maximum Gasteiger partial charge on any atom is 0.163 e. The second kappa shape index (κ2) is 11.2. The van der Waals surface area contributed by atoms with Gasteiger partial charge in [0, 0.05) is 49.7 Å². The number of aromatic nitrogens is 3. The first-order valence-electron chi connectivity index (χ1n) is 14.3. The summed E-state index contributed by atoms with van der Waals surface area (Å²) in [7, 11) is 0. The number of furan rings is 1. The van der Waals surface area contributed by atoms with Gasteiger partial charge < -0.3 is 19.2 Å². The van der Waals surface area contributed by atoms with Crippen LogP contribution < -0.4 is 5.32 Å². The lowest BCUT2D eigenvalue weighted by Gasteiger charge is -2.25. The van der Waals surface area contributed by atoms with Gasteiger partial charge >= 0.3 is 0 Å². The van der Waals surface area contributed by atoms with E-state index in [1.807, 2.05) is 6.07 Å². The van der Waals surface area contributed by atoms with Crippen LogP contribution in [0.2, 0.25) is 0 Å². The van der Waals surface area contributed by atoms with Gasteiger partial charge in [0.2, 0.25) is 0 Å². The molecule has 1 aliphatic carbocycles. The molecule has 3 aromatic heterocycles. The van der Waals surface area contributed by atoms with Gasteiger partial charge in [-0.05, 0) is 81.0 Å². The predicted molar refractivity (Wildman–Crippen MR) is 143 cm³/mol. The lowest BCUT2D eigenvalue weighted by molar-refractivity contribution is 0.0809. The zero-order chi connectivity index (χ0) is 25.2. The number of nitrogens with one attached hydrogen (secondary N) is 1. The molecule has 7 nitrogen and oxygen atoms in total. The number of rotatable bonds is 6. The summed E-state index contributed by atoms with van der Waals surface area (Å²) in [6.45, 7) is 8.51. The van der Waals surface area contributed by atoms with E-state index in [4.69, 9.17) is 28.8 Å². The number of nitrogens with zero attached hydrogens (tertiary/aromatic N) is 3. The Balaban J connectivity index is 1.36. The molecule has 2 saturated heterocycles. The molecule has 0 radical (unpaired) electrons. The first-order valence-corrected chi connectivity index (χ1v) is 14.3. The van der Waals surface area contributed by atoms with E-state index in [1.165, 1.54) is 12.8 Å². The van der Waals surface area contributed by atoms with Gasteiger partial charge in [-0.15, -0.1) is 0 Å². The van der Waals surface area contributed by atoms with Crippen molar-refractivity contribution in [3.05, 3.63) is 41.5 Å². The minimum Gasteiger partial charge on any atom is -0.458 e. The maximum atomic E-state index is 6.16. The standard InChI is InChI=1S/C30H40N4O3/c1-19-3-4-21(11-13-35-17-19)28-25-8-9-26(27-10-7-24(37-27)16-31-23-5-6-23)32-30(25)34-29(33-28)22-12-14-36-18-20(2)15-22/h7-10,19-23,31H,3-6,11-18H2,1-2H3/t19-,20-,21?,22?/m1/s1. The summed E-state index contributed by atoms with van der Waals surface area (Å²) >= 11 is 0. The Hall–Kier alpha value is -2.35. The van der Waals surface area contributed by atoms with Crippen molar-refractivity contribution in [2.24, 2.45) is 11.8 Å². The number of hydrogen-bond acceptors (Lipinski definition) is 7. The second-order valence-electron chi connectivity index (χ2n) is 11.6. The summed E-state index contributed by atoms with van der Waals surface area (Å²) < 4.78 is 18.0. The van der Waals surface area contributed by atoms with Crippen LogP contribution in [0.25, 0.3) is 22.5 Å². The Morgan fingerprint density at radius 1 is 0.811 bits per heavy atom. The quantitative estimate of drug-likeness (QED) is 0.442. The number of ether oxygens (including phenoxy) is 2. The lowest BCUT2D eigenvalue weighted by Crippen LogP contribution is -2.18. The molecule has 0 amide bonds. The zero-order valence-electron chi connectivity index (χ0n) is 22.2. The van der Waals surface area contributed by atoms with Crippen molar-refractivity contribution < 1.29 is 13.9 Å². The van der Waals surface area contributed by atoms with Crippen molar-refractivity contribution in [1.29, 1.82) is 0 Å². The summed E-state index contributed by atoms with van der Waals surface area (Å²) in [5, 5.41) is 4.58. The van der Waals surface area contributed by atoms with E-state index in [-0.39, 0.29) is 0 Å². The second-order valence-corrected chi connectivity index (χ2v) is 11.6. The van der Waals surface area contributed by atoms with Gasteiger partial charge in [-0.3, -0.25) is 0 Å². The van der Waals surface area contributed by atoms with E-state index in [0.29, 0.717) is 29.7 Å². The van der Waals surface area contributed by atoms with Crippen LogP contribution in [0.1, 0.15) is 87.9 Å². The van der Waals surface area contributed by atoms with Crippen LogP contribution >= 0.6 is 0 Å². The van der Waals surface area contributed by atoms with E-state index in [0.717, 1.165) is 105 Å². The molecular weight excluding hydrogens is 464 g/mol. The smallest absolute Gasteiger partial charge is 0.163 e. The van der Waals surface area contributed by atoms with Crippen LogP contribution in [0.3, 0.4) is 0 Å². The minimum atomic E-state index is 0.290. The summed E-state index contributed by atoms with van der Waals surface area (Å²) in [6.07, 6.45) is 7.79. The molecule has 2 aliphatic heterocycles. The Kier molecular flexibility index (Phi) is 7.54. The summed E-state index contributed by atoms with van der Waals surface area (Å²) in [5.74, 6) is 4.37.